The Bertz CT molecular complexity index is 476. The fourth-order valence-electron chi connectivity index (χ4n) is 2.24. The summed E-state index contributed by atoms with van der Waals surface area (Å²) in [5.74, 6) is -1.93. The number of aliphatic carboxylic acids is 1. The van der Waals surface area contributed by atoms with Crippen LogP contribution in [0.25, 0.3) is 0 Å². The van der Waals surface area contributed by atoms with E-state index in [2.05, 4.69) is 0 Å². The summed E-state index contributed by atoms with van der Waals surface area (Å²) in [5, 5.41) is 8.92. The zero-order chi connectivity index (χ0) is 15.5. The predicted octanol–water partition coefficient (Wildman–Crippen LogP) is -0.540. The van der Waals surface area contributed by atoms with Crippen molar-refractivity contribution in [2.24, 2.45) is 11.7 Å². The van der Waals surface area contributed by atoms with Crippen LogP contribution >= 0.6 is 0 Å². The highest BCUT2D eigenvalue weighted by Crippen LogP contribution is 2.20. The first-order valence-corrected chi connectivity index (χ1v) is 8.48. The lowest BCUT2D eigenvalue weighted by Crippen LogP contribution is -2.53. The summed E-state index contributed by atoms with van der Waals surface area (Å²) < 4.78 is 23.0. The van der Waals surface area contributed by atoms with E-state index in [9.17, 15) is 18.0 Å². The number of carboxylic acid groups (broad SMARTS) is 1. The highest BCUT2D eigenvalue weighted by Gasteiger charge is 2.37. The number of amides is 1. The minimum absolute atomic E-state index is 0.0143. The van der Waals surface area contributed by atoms with Crippen LogP contribution in [0.1, 0.15) is 26.7 Å². The number of nitrogens with two attached hydrogens (primary N) is 1. The molecule has 3 N–H and O–H groups in total. The quantitative estimate of drug-likeness (QED) is 0.680. The highest BCUT2D eigenvalue weighted by molar-refractivity contribution is 7.91. The third-order valence-corrected chi connectivity index (χ3v) is 5.53. The molecule has 1 amide bonds. The van der Waals surface area contributed by atoms with Gasteiger partial charge in [-0.15, -0.1) is 0 Å². The number of carboxylic acids is 1. The lowest BCUT2D eigenvalue weighted by atomic mass is 9.98. The van der Waals surface area contributed by atoms with Gasteiger partial charge >= 0.3 is 5.97 Å². The molecule has 1 saturated heterocycles. The maximum atomic E-state index is 12.3. The summed E-state index contributed by atoms with van der Waals surface area (Å²) >= 11 is 0. The van der Waals surface area contributed by atoms with E-state index >= 15 is 0 Å². The van der Waals surface area contributed by atoms with Crippen molar-refractivity contribution in [1.82, 2.24) is 4.90 Å². The molecular weight excluding hydrogens is 284 g/mol. The van der Waals surface area contributed by atoms with Gasteiger partial charge in [0.15, 0.2) is 9.84 Å². The minimum Gasteiger partial charge on any atom is -0.480 e. The van der Waals surface area contributed by atoms with Crippen molar-refractivity contribution in [3.05, 3.63) is 0 Å². The van der Waals surface area contributed by atoms with Crippen molar-refractivity contribution in [2.75, 3.05) is 18.1 Å². The van der Waals surface area contributed by atoms with Gasteiger partial charge < -0.3 is 15.7 Å². The third-order valence-electron chi connectivity index (χ3n) is 3.78. The summed E-state index contributed by atoms with van der Waals surface area (Å²) in [7, 11) is -3.19. The number of sulfone groups is 1. The fourth-order valence-corrected chi connectivity index (χ4v) is 3.97. The second-order valence-corrected chi connectivity index (χ2v) is 7.56. The zero-order valence-electron chi connectivity index (χ0n) is 11.8. The Hall–Kier alpha value is -1.15. The standard InChI is InChI=1S/C12H22N2O5S/c1-3-8(2)11(13)12(17)14(6-10(15)16)9-4-5-20(18,19)7-9/h8-9,11H,3-7,13H2,1-2H3,(H,15,16)/t8-,9?,11-/m0/s1. The Balaban J connectivity index is 2.89. The van der Waals surface area contributed by atoms with Crippen molar-refractivity contribution in [3.8, 4) is 0 Å². The Morgan fingerprint density at radius 3 is 2.45 bits per heavy atom. The zero-order valence-corrected chi connectivity index (χ0v) is 12.6. The Kier molecular flexibility index (Phi) is 5.52. The lowest BCUT2D eigenvalue weighted by Gasteiger charge is -2.30. The SMILES string of the molecule is CC[C@H](C)[C@H](N)C(=O)N(CC(=O)O)C1CCS(=O)(=O)C1. The number of nitrogens with zero attached hydrogens (tertiary/aromatic N) is 1. The van der Waals surface area contributed by atoms with Crippen LogP contribution in [0, 0.1) is 5.92 Å². The van der Waals surface area contributed by atoms with Gasteiger partial charge in [-0.25, -0.2) is 8.42 Å². The monoisotopic (exact) mass is 306 g/mol. The topological polar surface area (TPSA) is 118 Å². The molecule has 1 rings (SSSR count). The third kappa shape index (κ3) is 4.17. The molecule has 20 heavy (non-hydrogen) atoms. The molecule has 0 bridgehead atoms. The second-order valence-electron chi connectivity index (χ2n) is 5.33. The molecule has 1 heterocycles. The van der Waals surface area contributed by atoms with Crippen LogP contribution in [0.3, 0.4) is 0 Å². The molecule has 0 aromatic heterocycles. The average Bonchev–Trinajstić information content (AvgIpc) is 2.73. The Labute approximate surface area is 119 Å². The van der Waals surface area contributed by atoms with E-state index < -0.39 is 40.3 Å². The molecule has 0 radical (unpaired) electrons. The van der Waals surface area contributed by atoms with E-state index in [-0.39, 0.29) is 23.8 Å². The van der Waals surface area contributed by atoms with Gasteiger partial charge in [0.25, 0.3) is 0 Å². The summed E-state index contributed by atoms with van der Waals surface area (Å²) in [5.41, 5.74) is 5.85. The maximum Gasteiger partial charge on any atom is 0.323 e. The molecule has 7 nitrogen and oxygen atoms in total. The van der Waals surface area contributed by atoms with Crippen molar-refractivity contribution >= 4 is 21.7 Å². The first-order valence-electron chi connectivity index (χ1n) is 6.66. The number of hydrogen-bond donors (Lipinski definition) is 2. The van der Waals surface area contributed by atoms with Gasteiger partial charge in [-0.1, -0.05) is 20.3 Å². The molecule has 116 valence electrons. The van der Waals surface area contributed by atoms with Crippen LogP contribution < -0.4 is 5.73 Å². The molecule has 0 aromatic carbocycles. The van der Waals surface area contributed by atoms with Crippen LogP contribution in [0.15, 0.2) is 0 Å². The van der Waals surface area contributed by atoms with E-state index in [4.69, 9.17) is 10.8 Å². The van der Waals surface area contributed by atoms with Crippen LogP contribution in [-0.4, -0.2) is 60.4 Å². The molecule has 1 fully saturated rings. The predicted molar refractivity (Wildman–Crippen MR) is 73.8 cm³/mol. The first-order chi connectivity index (χ1) is 9.18. The van der Waals surface area contributed by atoms with Gasteiger partial charge in [-0.3, -0.25) is 9.59 Å². The lowest BCUT2D eigenvalue weighted by molar-refractivity contribution is -0.147. The van der Waals surface area contributed by atoms with Crippen LogP contribution in [0.5, 0.6) is 0 Å². The number of hydrogen-bond acceptors (Lipinski definition) is 5. The van der Waals surface area contributed by atoms with E-state index in [0.29, 0.717) is 6.42 Å². The Morgan fingerprint density at radius 1 is 1.45 bits per heavy atom. The van der Waals surface area contributed by atoms with Gasteiger partial charge in [-0.05, 0) is 12.3 Å². The normalized spacial score (nSPS) is 24.1. The summed E-state index contributed by atoms with van der Waals surface area (Å²) in [6.07, 6.45) is 0.964. The van der Waals surface area contributed by atoms with E-state index in [0.717, 1.165) is 4.90 Å². The molecule has 0 aliphatic carbocycles. The van der Waals surface area contributed by atoms with Crippen molar-refractivity contribution in [2.45, 2.75) is 38.8 Å². The molecule has 1 unspecified atom stereocenters. The molecule has 8 heteroatoms. The average molecular weight is 306 g/mol. The fraction of sp³-hybridized carbons (Fsp3) is 0.833. The summed E-state index contributed by atoms with van der Waals surface area (Å²) in [6, 6.07) is -1.39. The van der Waals surface area contributed by atoms with E-state index in [1.807, 2.05) is 13.8 Å². The number of carbonyl (C=O) groups excluding carboxylic acids is 1. The largest absolute Gasteiger partial charge is 0.480 e. The number of carbonyl (C=O) groups is 2. The molecule has 0 saturated carbocycles. The van der Waals surface area contributed by atoms with Crippen LogP contribution in [0.4, 0.5) is 0 Å². The number of rotatable bonds is 6. The van der Waals surface area contributed by atoms with Crippen molar-refractivity contribution in [3.63, 3.8) is 0 Å². The molecule has 1 aliphatic heterocycles. The molecule has 1 aliphatic rings. The van der Waals surface area contributed by atoms with Crippen molar-refractivity contribution < 1.29 is 23.1 Å². The molecule has 0 spiro atoms. The minimum atomic E-state index is -3.19. The van der Waals surface area contributed by atoms with E-state index in [1.165, 1.54) is 0 Å². The summed E-state index contributed by atoms with van der Waals surface area (Å²) in [4.78, 5) is 24.3. The molecular formula is C12H22N2O5S. The first kappa shape index (κ1) is 16.9. The van der Waals surface area contributed by atoms with Crippen LogP contribution in [-0.2, 0) is 19.4 Å². The second kappa shape index (κ2) is 6.53. The molecule has 0 aromatic rings. The maximum absolute atomic E-state index is 12.3. The highest BCUT2D eigenvalue weighted by atomic mass is 32.2. The van der Waals surface area contributed by atoms with Gasteiger partial charge in [0.1, 0.15) is 6.54 Å². The smallest absolute Gasteiger partial charge is 0.323 e. The van der Waals surface area contributed by atoms with Gasteiger partial charge in [0.05, 0.1) is 17.5 Å². The van der Waals surface area contributed by atoms with Gasteiger partial charge in [0.2, 0.25) is 5.91 Å². The summed E-state index contributed by atoms with van der Waals surface area (Å²) in [6.45, 7) is 3.19. The van der Waals surface area contributed by atoms with Gasteiger partial charge in [0, 0.05) is 6.04 Å². The van der Waals surface area contributed by atoms with Crippen molar-refractivity contribution in [1.29, 1.82) is 0 Å². The van der Waals surface area contributed by atoms with E-state index in [1.54, 1.807) is 0 Å². The van der Waals surface area contributed by atoms with Crippen LogP contribution in [0.2, 0.25) is 0 Å². The molecule has 3 atom stereocenters. The van der Waals surface area contributed by atoms with Gasteiger partial charge in [-0.2, -0.15) is 0 Å². The Morgan fingerprint density at radius 2 is 2.05 bits per heavy atom.